The Morgan fingerprint density at radius 1 is 1.45 bits per heavy atom. The van der Waals surface area contributed by atoms with Gasteiger partial charge in [-0.25, -0.2) is 9.18 Å². The lowest BCUT2D eigenvalue weighted by molar-refractivity contribution is -0.139. The van der Waals surface area contributed by atoms with Gasteiger partial charge < -0.3 is 20.1 Å². The van der Waals surface area contributed by atoms with Crippen LogP contribution in [0.5, 0.6) is 5.75 Å². The highest BCUT2D eigenvalue weighted by Gasteiger charge is 2.37. The Labute approximate surface area is 125 Å². The van der Waals surface area contributed by atoms with Crippen LogP contribution in [0.4, 0.5) is 4.39 Å². The molecule has 3 N–H and O–H groups in total. The zero-order chi connectivity index (χ0) is 15.9. The zero-order valence-corrected chi connectivity index (χ0v) is 11.9. The molecule has 1 aliphatic carbocycles. The third-order valence-electron chi connectivity index (χ3n) is 3.81. The number of hydrogen-bond donors (Lipinski definition) is 3. The number of carboxylic acids is 1. The number of aromatic nitrogens is 1. The fourth-order valence-corrected chi connectivity index (χ4v) is 2.49. The molecule has 6 nitrogen and oxygen atoms in total. The summed E-state index contributed by atoms with van der Waals surface area (Å²) < 4.78 is 18.9. The molecule has 1 fully saturated rings. The molecule has 1 amide bonds. The van der Waals surface area contributed by atoms with Gasteiger partial charge in [0.15, 0.2) is 0 Å². The van der Waals surface area contributed by atoms with Crippen LogP contribution in [0.25, 0.3) is 10.9 Å². The number of methoxy groups -OCH3 is 1. The van der Waals surface area contributed by atoms with Gasteiger partial charge >= 0.3 is 5.97 Å². The first-order valence-corrected chi connectivity index (χ1v) is 6.90. The zero-order valence-electron chi connectivity index (χ0n) is 11.9. The molecule has 1 atom stereocenters. The van der Waals surface area contributed by atoms with E-state index < -0.39 is 23.7 Å². The van der Waals surface area contributed by atoms with Crippen molar-refractivity contribution in [3.8, 4) is 5.75 Å². The second-order valence-corrected chi connectivity index (χ2v) is 5.35. The van der Waals surface area contributed by atoms with E-state index in [-0.39, 0.29) is 17.1 Å². The van der Waals surface area contributed by atoms with E-state index in [1.165, 1.54) is 25.3 Å². The second kappa shape index (κ2) is 5.32. The highest BCUT2D eigenvalue weighted by molar-refractivity contribution is 6.01. The number of aromatic amines is 1. The molecule has 2 aromatic rings. The number of carbonyl (C=O) groups excluding carboxylic acids is 1. The Morgan fingerprint density at radius 3 is 2.77 bits per heavy atom. The molecule has 0 saturated heterocycles. The van der Waals surface area contributed by atoms with Crippen LogP contribution in [0.2, 0.25) is 0 Å². The monoisotopic (exact) mass is 306 g/mol. The summed E-state index contributed by atoms with van der Waals surface area (Å²) in [5.74, 6) is -1.74. The lowest BCUT2D eigenvalue weighted by Crippen LogP contribution is -2.42. The van der Waals surface area contributed by atoms with Crippen LogP contribution in [0.3, 0.4) is 0 Å². The van der Waals surface area contributed by atoms with Crippen molar-refractivity contribution in [1.29, 1.82) is 0 Å². The van der Waals surface area contributed by atoms with Crippen molar-refractivity contribution < 1.29 is 23.8 Å². The molecule has 1 aromatic carbocycles. The lowest BCUT2D eigenvalue weighted by atomic mass is 10.2. The van der Waals surface area contributed by atoms with Crippen LogP contribution in [-0.4, -0.2) is 35.1 Å². The summed E-state index contributed by atoms with van der Waals surface area (Å²) in [4.78, 5) is 26.1. The number of hydrogen-bond acceptors (Lipinski definition) is 3. The third kappa shape index (κ3) is 2.49. The maximum absolute atomic E-state index is 13.8. The first-order valence-electron chi connectivity index (χ1n) is 6.90. The lowest BCUT2D eigenvalue weighted by Gasteiger charge is -2.12. The summed E-state index contributed by atoms with van der Waals surface area (Å²) in [6.45, 7) is 0. The average molecular weight is 306 g/mol. The van der Waals surface area contributed by atoms with Crippen molar-refractivity contribution in [1.82, 2.24) is 10.3 Å². The Morgan fingerprint density at radius 2 is 2.18 bits per heavy atom. The van der Waals surface area contributed by atoms with Crippen molar-refractivity contribution >= 4 is 22.8 Å². The maximum atomic E-state index is 13.8. The average Bonchev–Trinajstić information content (AvgIpc) is 3.22. The van der Waals surface area contributed by atoms with E-state index in [0.717, 1.165) is 12.8 Å². The summed E-state index contributed by atoms with van der Waals surface area (Å²) in [5, 5.41) is 12.1. The van der Waals surface area contributed by atoms with Gasteiger partial charge in [0.25, 0.3) is 5.91 Å². The van der Waals surface area contributed by atoms with Gasteiger partial charge in [-0.15, -0.1) is 0 Å². The Balaban J connectivity index is 1.91. The van der Waals surface area contributed by atoms with Gasteiger partial charge in [-0.1, -0.05) is 0 Å². The number of amides is 1. The first kappa shape index (κ1) is 14.4. The molecule has 1 heterocycles. The van der Waals surface area contributed by atoms with Gasteiger partial charge in [-0.3, -0.25) is 4.79 Å². The molecule has 0 radical (unpaired) electrons. The Kier molecular flexibility index (Phi) is 3.48. The SMILES string of the molecule is COc1ccc(F)c2[nH]c(C(=O)NC(C(=O)O)C3CC3)cc12. The molecule has 7 heteroatoms. The van der Waals surface area contributed by atoms with Crippen LogP contribution < -0.4 is 10.1 Å². The normalized spacial score (nSPS) is 15.5. The molecule has 1 saturated carbocycles. The number of rotatable bonds is 5. The number of H-pyrrole nitrogens is 1. The molecule has 0 aliphatic heterocycles. The van der Waals surface area contributed by atoms with E-state index in [1.807, 2.05) is 0 Å². The minimum absolute atomic E-state index is 0.0305. The molecule has 0 spiro atoms. The number of ether oxygens (including phenoxy) is 1. The summed E-state index contributed by atoms with van der Waals surface area (Å²) in [6, 6.07) is 3.25. The minimum Gasteiger partial charge on any atom is -0.496 e. The molecule has 22 heavy (non-hydrogen) atoms. The van der Waals surface area contributed by atoms with Crippen molar-refractivity contribution in [3.05, 3.63) is 29.7 Å². The largest absolute Gasteiger partial charge is 0.496 e. The molecule has 0 bridgehead atoms. The van der Waals surface area contributed by atoms with Crippen molar-refractivity contribution in [3.63, 3.8) is 0 Å². The third-order valence-corrected chi connectivity index (χ3v) is 3.81. The molecular formula is C15H15FN2O4. The predicted octanol–water partition coefficient (Wildman–Crippen LogP) is 1.91. The van der Waals surface area contributed by atoms with E-state index in [0.29, 0.717) is 11.1 Å². The second-order valence-electron chi connectivity index (χ2n) is 5.35. The number of halogens is 1. The van der Waals surface area contributed by atoms with Gasteiger partial charge in [0.05, 0.1) is 12.6 Å². The predicted molar refractivity (Wildman–Crippen MR) is 76.4 cm³/mol. The number of carbonyl (C=O) groups is 2. The summed E-state index contributed by atoms with van der Waals surface area (Å²) in [6.07, 6.45) is 1.57. The molecule has 3 rings (SSSR count). The van der Waals surface area contributed by atoms with Gasteiger partial charge in [-0.05, 0) is 37.0 Å². The number of benzene rings is 1. The van der Waals surface area contributed by atoms with E-state index in [4.69, 9.17) is 9.84 Å². The Bertz CT molecular complexity index is 751. The number of nitrogens with one attached hydrogen (secondary N) is 2. The smallest absolute Gasteiger partial charge is 0.326 e. The van der Waals surface area contributed by atoms with Crippen LogP contribution in [0.15, 0.2) is 18.2 Å². The van der Waals surface area contributed by atoms with Crippen molar-refractivity contribution in [2.75, 3.05) is 7.11 Å². The topological polar surface area (TPSA) is 91.4 Å². The number of carboxylic acid groups (broad SMARTS) is 1. The van der Waals surface area contributed by atoms with Crippen molar-refractivity contribution in [2.24, 2.45) is 5.92 Å². The summed E-state index contributed by atoms with van der Waals surface area (Å²) >= 11 is 0. The molecule has 116 valence electrons. The van der Waals surface area contributed by atoms with Crippen molar-refractivity contribution in [2.45, 2.75) is 18.9 Å². The van der Waals surface area contributed by atoms with E-state index >= 15 is 0 Å². The molecular weight excluding hydrogens is 291 g/mol. The van der Waals surface area contributed by atoms with E-state index in [1.54, 1.807) is 0 Å². The fourth-order valence-electron chi connectivity index (χ4n) is 2.49. The first-order chi connectivity index (χ1) is 10.5. The van der Waals surface area contributed by atoms with Crippen LogP contribution in [-0.2, 0) is 4.79 Å². The summed E-state index contributed by atoms with van der Waals surface area (Å²) in [5.41, 5.74) is 0.257. The van der Waals surface area contributed by atoms with Crippen LogP contribution in [0, 0.1) is 11.7 Å². The minimum atomic E-state index is -1.06. The fraction of sp³-hybridized carbons (Fsp3) is 0.333. The molecule has 1 aromatic heterocycles. The van der Waals surface area contributed by atoms with Crippen LogP contribution >= 0.6 is 0 Å². The standard InChI is InChI=1S/C15H15FN2O4/c1-22-11-5-4-9(16)13-8(11)6-10(17-13)14(19)18-12(15(20)21)7-2-3-7/h4-7,12,17H,2-3H2,1H3,(H,18,19)(H,20,21). The highest BCUT2D eigenvalue weighted by Crippen LogP contribution is 2.33. The van der Waals surface area contributed by atoms with Gasteiger partial charge in [0, 0.05) is 5.39 Å². The highest BCUT2D eigenvalue weighted by atomic mass is 19.1. The molecule has 1 aliphatic rings. The Hall–Kier alpha value is -2.57. The number of fused-ring (bicyclic) bond motifs is 1. The van der Waals surface area contributed by atoms with Gasteiger partial charge in [-0.2, -0.15) is 0 Å². The maximum Gasteiger partial charge on any atom is 0.326 e. The van der Waals surface area contributed by atoms with E-state index in [9.17, 15) is 14.0 Å². The van der Waals surface area contributed by atoms with Crippen LogP contribution in [0.1, 0.15) is 23.3 Å². The van der Waals surface area contributed by atoms with Gasteiger partial charge in [0.2, 0.25) is 0 Å². The van der Waals surface area contributed by atoms with E-state index in [2.05, 4.69) is 10.3 Å². The van der Waals surface area contributed by atoms with Gasteiger partial charge in [0.1, 0.15) is 23.3 Å². The molecule has 1 unspecified atom stereocenters. The summed E-state index contributed by atoms with van der Waals surface area (Å²) in [7, 11) is 1.45. The quantitative estimate of drug-likeness (QED) is 0.787. The number of aliphatic carboxylic acids is 1.